The smallest absolute Gasteiger partial charge is 0.269 e. The number of nitro benzene ring substituents is 1. The van der Waals surface area contributed by atoms with Gasteiger partial charge in [-0.15, -0.1) is 0 Å². The van der Waals surface area contributed by atoms with Gasteiger partial charge in [-0.05, 0) is 44.0 Å². The lowest BCUT2D eigenvalue weighted by Gasteiger charge is -2.23. The van der Waals surface area contributed by atoms with Crippen LogP contribution in [0.2, 0.25) is 0 Å². The van der Waals surface area contributed by atoms with Crippen LogP contribution < -0.4 is 10.2 Å². The Labute approximate surface area is 124 Å². The van der Waals surface area contributed by atoms with Crippen LogP contribution in [0.4, 0.5) is 11.4 Å². The molecule has 0 unspecified atom stereocenters. The van der Waals surface area contributed by atoms with E-state index < -0.39 is 0 Å². The fraction of sp³-hybridized carbons (Fsp3) is 0.533. The van der Waals surface area contributed by atoms with Crippen molar-refractivity contribution in [1.82, 2.24) is 5.32 Å². The SMILES string of the molecule is CCNCCCN1C(=O)CCCc2cc([N+](=O)[O-])ccc21. The molecule has 0 fully saturated rings. The molecule has 114 valence electrons. The van der Waals surface area contributed by atoms with Gasteiger partial charge in [0.05, 0.1) is 4.92 Å². The Bertz CT molecular complexity index is 531. The molecule has 1 amide bonds. The van der Waals surface area contributed by atoms with E-state index in [9.17, 15) is 14.9 Å². The van der Waals surface area contributed by atoms with Gasteiger partial charge in [-0.3, -0.25) is 14.9 Å². The van der Waals surface area contributed by atoms with Crippen molar-refractivity contribution in [3.05, 3.63) is 33.9 Å². The normalized spacial score (nSPS) is 14.7. The second-order valence-corrected chi connectivity index (χ2v) is 5.18. The number of aryl methyl sites for hydroxylation is 1. The maximum Gasteiger partial charge on any atom is 0.269 e. The molecule has 0 spiro atoms. The van der Waals surface area contributed by atoms with Crippen molar-refractivity contribution in [3.8, 4) is 0 Å². The summed E-state index contributed by atoms with van der Waals surface area (Å²) in [4.78, 5) is 24.5. The molecule has 21 heavy (non-hydrogen) atoms. The first-order valence-electron chi connectivity index (χ1n) is 7.42. The Morgan fingerprint density at radius 3 is 2.90 bits per heavy atom. The van der Waals surface area contributed by atoms with E-state index in [1.54, 1.807) is 17.0 Å². The number of nitrogens with one attached hydrogen (secondary N) is 1. The van der Waals surface area contributed by atoms with Gasteiger partial charge in [-0.2, -0.15) is 0 Å². The van der Waals surface area contributed by atoms with Crippen molar-refractivity contribution in [1.29, 1.82) is 0 Å². The molecule has 0 atom stereocenters. The van der Waals surface area contributed by atoms with Crippen molar-refractivity contribution >= 4 is 17.3 Å². The summed E-state index contributed by atoms with van der Waals surface area (Å²) in [7, 11) is 0. The standard InChI is InChI=1S/C15H21N3O3/c1-2-16-9-4-10-17-14-8-7-13(18(20)21)11-12(14)5-3-6-15(17)19/h7-8,11,16H,2-6,9-10H2,1H3. The Kier molecular flexibility index (Phi) is 5.27. The van der Waals surface area contributed by atoms with E-state index in [4.69, 9.17) is 0 Å². The largest absolute Gasteiger partial charge is 0.317 e. The summed E-state index contributed by atoms with van der Waals surface area (Å²) in [5.74, 6) is 0.110. The molecule has 0 bridgehead atoms. The first-order valence-corrected chi connectivity index (χ1v) is 7.42. The van der Waals surface area contributed by atoms with Crippen LogP contribution >= 0.6 is 0 Å². The summed E-state index contributed by atoms with van der Waals surface area (Å²) in [6.45, 7) is 4.47. The molecule has 0 saturated heterocycles. The number of nitrogens with zero attached hydrogens (tertiary/aromatic N) is 2. The maximum atomic E-state index is 12.2. The lowest BCUT2D eigenvalue weighted by molar-refractivity contribution is -0.384. The minimum absolute atomic E-state index is 0.0932. The molecule has 1 aromatic carbocycles. The second kappa shape index (κ2) is 7.17. The zero-order valence-corrected chi connectivity index (χ0v) is 12.3. The highest BCUT2D eigenvalue weighted by molar-refractivity contribution is 5.95. The van der Waals surface area contributed by atoms with Crippen LogP contribution in [0.25, 0.3) is 0 Å². The zero-order valence-electron chi connectivity index (χ0n) is 12.3. The topological polar surface area (TPSA) is 75.5 Å². The molecule has 2 rings (SSSR count). The molecule has 1 heterocycles. The Hall–Kier alpha value is -1.95. The molecule has 0 saturated carbocycles. The predicted octanol–water partition coefficient (Wildman–Crippen LogP) is 2.26. The predicted molar refractivity (Wildman–Crippen MR) is 81.5 cm³/mol. The van der Waals surface area contributed by atoms with Crippen molar-refractivity contribution in [3.63, 3.8) is 0 Å². The van der Waals surface area contributed by atoms with E-state index in [1.165, 1.54) is 6.07 Å². The average molecular weight is 291 g/mol. The van der Waals surface area contributed by atoms with Gasteiger partial charge >= 0.3 is 0 Å². The van der Waals surface area contributed by atoms with Gasteiger partial charge in [-0.25, -0.2) is 0 Å². The summed E-state index contributed by atoms with van der Waals surface area (Å²) in [5.41, 5.74) is 1.83. The van der Waals surface area contributed by atoms with Gasteiger partial charge < -0.3 is 10.2 Å². The van der Waals surface area contributed by atoms with Crippen LogP contribution in [-0.2, 0) is 11.2 Å². The quantitative estimate of drug-likeness (QED) is 0.495. The Morgan fingerprint density at radius 2 is 2.19 bits per heavy atom. The molecular weight excluding hydrogens is 270 g/mol. The molecular formula is C15H21N3O3. The number of amides is 1. The van der Waals surface area contributed by atoms with Crippen LogP contribution in [0, 0.1) is 10.1 Å². The van der Waals surface area contributed by atoms with Gasteiger partial charge in [0.2, 0.25) is 5.91 Å². The zero-order chi connectivity index (χ0) is 15.2. The van der Waals surface area contributed by atoms with Crippen LogP contribution in [0.15, 0.2) is 18.2 Å². The highest BCUT2D eigenvalue weighted by Gasteiger charge is 2.23. The van der Waals surface area contributed by atoms with Gasteiger partial charge in [0.1, 0.15) is 0 Å². The van der Waals surface area contributed by atoms with Gasteiger partial charge in [0.25, 0.3) is 5.69 Å². The van der Waals surface area contributed by atoms with Crippen LogP contribution in [0.5, 0.6) is 0 Å². The maximum absolute atomic E-state index is 12.2. The highest BCUT2D eigenvalue weighted by Crippen LogP contribution is 2.30. The van der Waals surface area contributed by atoms with Gasteiger partial charge in [-0.1, -0.05) is 6.92 Å². The fourth-order valence-corrected chi connectivity index (χ4v) is 2.63. The van der Waals surface area contributed by atoms with E-state index in [0.29, 0.717) is 19.4 Å². The molecule has 1 aliphatic heterocycles. The summed E-state index contributed by atoms with van der Waals surface area (Å²) in [5, 5.41) is 14.1. The summed E-state index contributed by atoms with van der Waals surface area (Å²) in [6, 6.07) is 4.80. The summed E-state index contributed by atoms with van der Waals surface area (Å²) < 4.78 is 0. The van der Waals surface area contributed by atoms with Crippen LogP contribution in [-0.4, -0.2) is 30.5 Å². The van der Waals surface area contributed by atoms with Gasteiger partial charge in [0, 0.05) is 30.8 Å². The van der Waals surface area contributed by atoms with Crippen molar-refractivity contribution < 1.29 is 9.72 Å². The van der Waals surface area contributed by atoms with E-state index in [-0.39, 0.29) is 16.5 Å². The fourth-order valence-electron chi connectivity index (χ4n) is 2.63. The lowest BCUT2D eigenvalue weighted by atomic mass is 10.1. The molecule has 1 aromatic rings. The Balaban J connectivity index is 2.20. The van der Waals surface area contributed by atoms with Gasteiger partial charge in [0.15, 0.2) is 0 Å². The molecule has 0 aromatic heterocycles. The molecule has 0 radical (unpaired) electrons. The van der Waals surface area contributed by atoms with E-state index >= 15 is 0 Å². The van der Waals surface area contributed by atoms with E-state index in [0.717, 1.165) is 37.2 Å². The number of hydrogen-bond donors (Lipinski definition) is 1. The first-order chi connectivity index (χ1) is 10.1. The summed E-state index contributed by atoms with van der Waals surface area (Å²) >= 11 is 0. The van der Waals surface area contributed by atoms with E-state index in [2.05, 4.69) is 5.32 Å². The number of carbonyl (C=O) groups is 1. The lowest BCUT2D eigenvalue weighted by Crippen LogP contribution is -2.33. The molecule has 0 aliphatic carbocycles. The number of rotatable bonds is 6. The number of hydrogen-bond acceptors (Lipinski definition) is 4. The average Bonchev–Trinajstić information content (AvgIpc) is 2.62. The Morgan fingerprint density at radius 1 is 1.38 bits per heavy atom. The number of benzene rings is 1. The summed E-state index contributed by atoms with van der Waals surface area (Å²) in [6.07, 6.45) is 2.84. The minimum atomic E-state index is -0.386. The van der Waals surface area contributed by atoms with Crippen molar-refractivity contribution in [2.24, 2.45) is 0 Å². The van der Waals surface area contributed by atoms with Crippen LogP contribution in [0.3, 0.4) is 0 Å². The number of carbonyl (C=O) groups excluding carboxylic acids is 1. The molecule has 1 aliphatic rings. The number of fused-ring (bicyclic) bond motifs is 1. The minimum Gasteiger partial charge on any atom is -0.317 e. The monoisotopic (exact) mass is 291 g/mol. The van der Waals surface area contributed by atoms with Crippen molar-refractivity contribution in [2.45, 2.75) is 32.6 Å². The third-order valence-electron chi connectivity index (χ3n) is 3.69. The van der Waals surface area contributed by atoms with E-state index in [1.807, 2.05) is 6.92 Å². The van der Waals surface area contributed by atoms with Crippen molar-refractivity contribution in [2.75, 3.05) is 24.5 Å². The first kappa shape index (κ1) is 15.4. The number of anilines is 1. The number of non-ortho nitro benzene ring substituents is 1. The molecule has 1 N–H and O–H groups in total. The third-order valence-corrected chi connectivity index (χ3v) is 3.69. The molecule has 6 heteroatoms. The molecule has 6 nitrogen and oxygen atoms in total. The number of nitro groups is 1. The second-order valence-electron chi connectivity index (χ2n) is 5.18. The van der Waals surface area contributed by atoms with Crippen LogP contribution in [0.1, 0.15) is 31.7 Å². The third kappa shape index (κ3) is 3.78. The highest BCUT2D eigenvalue weighted by atomic mass is 16.6.